The van der Waals surface area contributed by atoms with E-state index in [-0.39, 0.29) is 6.10 Å². The molecule has 2 aromatic carbocycles. The van der Waals surface area contributed by atoms with Crippen molar-refractivity contribution in [1.29, 1.82) is 0 Å². The van der Waals surface area contributed by atoms with E-state index >= 15 is 0 Å². The van der Waals surface area contributed by atoms with Crippen molar-refractivity contribution in [2.45, 2.75) is 19.1 Å². The van der Waals surface area contributed by atoms with E-state index in [0.29, 0.717) is 6.79 Å². The molecule has 3 heterocycles. The first-order valence-electron chi connectivity index (χ1n) is 11.2. The molecule has 2 N–H and O–H groups in total. The first-order valence-corrected chi connectivity index (χ1v) is 11.2. The van der Waals surface area contributed by atoms with Crippen LogP contribution in [0.2, 0.25) is 0 Å². The molecule has 2 aromatic rings. The highest BCUT2D eigenvalue weighted by Crippen LogP contribution is 2.36. The third-order valence-corrected chi connectivity index (χ3v) is 6.71. The predicted octanol–water partition coefficient (Wildman–Crippen LogP) is 0.0299. The van der Waals surface area contributed by atoms with Gasteiger partial charge in [-0.05, 0) is 47.9 Å². The monoisotopic (exact) mass is 428 g/mol. The highest BCUT2D eigenvalue weighted by molar-refractivity contribution is 5.49. The maximum atomic E-state index is 6.20. The number of hydrogen-bond acceptors (Lipinski definition) is 5. The van der Waals surface area contributed by atoms with Gasteiger partial charge in [0.25, 0.3) is 0 Å². The van der Waals surface area contributed by atoms with Crippen LogP contribution in [0.25, 0.3) is 0 Å². The van der Waals surface area contributed by atoms with Crippen molar-refractivity contribution in [2.24, 2.45) is 0 Å². The third kappa shape index (κ3) is 4.31. The van der Waals surface area contributed by atoms with Crippen LogP contribution in [0.4, 0.5) is 0 Å². The van der Waals surface area contributed by atoms with E-state index in [2.05, 4.69) is 24.3 Å². The van der Waals surface area contributed by atoms with Crippen LogP contribution < -0.4 is 28.7 Å². The minimum Gasteiger partial charge on any atom is -0.493 e. The summed E-state index contributed by atoms with van der Waals surface area (Å²) in [5, 5.41) is 0. The van der Waals surface area contributed by atoms with Crippen LogP contribution in [0.1, 0.15) is 22.8 Å². The maximum Gasteiger partial charge on any atom is 0.231 e. The summed E-state index contributed by atoms with van der Waals surface area (Å²) in [6.07, 6.45) is 1.04. The Balaban J connectivity index is 1.19. The number of rotatable bonds is 6. The standard InChI is InChI=1S/C24H30N2O5/c1-27-21-12-18-5-10-29-24(19(18)13-22(21)28-2)15-26-8-6-25(7-9-26)14-17-3-4-20-23(11-17)31-16-30-20/h3-4,11-13,24H,5-10,14-16H2,1-2H3/p+2/t24-/m1/s1. The van der Waals surface area contributed by atoms with Gasteiger partial charge in [-0.25, -0.2) is 0 Å². The molecule has 0 amide bonds. The van der Waals surface area contributed by atoms with E-state index in [0.717, 1.165) is 75.3 Å². The molecule has 0 unspecified atom stereocenters. The first-order chi connectivity index (χ1) is 15.2. The zero-order valence-electron chi connectivity index (χ0n) is 18.4. The minimum atomic E-state index is 0.119. The molecular weight excluding hydrogens is 396 g/mol. The lowest BCUT2D eigenvalue weighted by Gasteiger charge is -2.34. The normalized spacial score (nSPS) is 24.5. The lowest BCUT2D eigenvalue weighted by molar-refractivity contribution is -1.02. The Hall–Kier alpha value is -2.48. The number of nitrogens with one attached hydrogen (secondary N) is 2. The largest absolute Gasteiger partial charge is 0.493 e. The third-order valence-electron chi connectivity index (χ3n) is 6.71. The van der Waals surface area contributed by atoms with Gasteiger partial charge in [-0.3, -0.25) is 0 Å². The van der Waals surface area contributed by atoms with E-state index < -0.39 is 0 Å². The Labute approximate surface area is 183 Å². The molecule has 0 spiro atoms. The van der Waals surface area contributed by atoms with Gasteiger partial charge in [-0.2, -0.15) is 0 Å². The summed E-state index contributed by atoms with van der Waals surface area (Å²) in [4.78, 5) is 3.24. The number of fused-ring (bicyclic) bond motifs is 2. The minimum absolute atomic E-state index is 0.119. The van der Waals surface area contributed by atoms with Gasteiger partial charge in [-0.1, -0.05) is 0 Å². The van der Waals surface area contributed by atoms with Crippen molar-refractivity contribution in [3.05, 3.63) is 47.0 Å². The van der Waals surface area contributed by atoms with Crippen LogP contribution in [0.3, 0.4) is 0 Å². The molecule has 3 aliphatic heterocycles. The SMILES string of the molecule is COc1cc2c(cc1OC)[C@@H](C[NH+]1CC[NH+](Cc3ccc4c(c3)OCO4)CC1)OCC2. The van der Waals surface area contributed by atoms with Crippen LogP contribution in [-0.4, -0.2) is 60.3 Å². The number of piperazine rings is 1. The molecule has 7 heteroatoms. The Morgan fingerprint density at radius 1 is 0.903 bits per heavy atom. The molecule has 7 nitrogen and oxygen atoms in total. The highest BCUT2D eigenvalue weighted by Gasteiger charge is 2.30. The second-order valence-electron chi connectivity index (χ2n) is 8.58. The van der Waals surface area contributed by atoms with Crippen molar-refractivity contribution in [1.82, 2.24) is 0 Å². The molecule has 1 atom stereocenters. The summed E-state index contributed by atoms with van der Waals surface area (Å²) in [5.74, 6) is 3.32. The van der Waals surface area contributed by atoms with Gasteiger partial charge in [0.2, 0.25) is 6.79 Å². The lowest BCUT2D eigenvalue weighted by atomic mass is 9.96. The van der Waals surface area contributed by atoms with Crippen molar-refractivity contribution < 1.29 is 33.5 Å². The van der Waals surface area contributed by atoms with E-state index in [4.69, 9.17) is 23.7 Å². The molecule has 1 fully saturated rings. The van der Waals surface area contributed by atoms with Gasteiger partial charge in [0.05, 0.1) is 20.8 Å². The average molecular weight is 429 g/mol. The molecular formula is C24H32N2O5+2. The molecule has 0 radical (unpaired) electrons. The van der Waals surface area contributed by atoms with Gasteiger partial charge < -0.3 is 33.5 Å². The second kappa shape index (κ2) is 8.94. The summed E-state index contributed by atoms with van der Waals surface area (Å²) in [5.41, 5.74) is 3.89. The Morgan fingerprint density at radius 2 is 1.65 bits per heavy atom. The van der Waals surface area contributed by atoms with Crippen molar-refractivity contribution in [3.63, 3.8) is 0 Å². The van der Waals surface area contributed by atoms with Gasteiger partial charge >= 0.3 is 0 Å². The number of hydrogen-bond donors (Lipinski definition) is 2. The Kier molecular flexibility index (Phi) is 5.89. The smallest absolute Gasteiger partial charge is 0.231 e. The second-order valence-corrected chi connectivity index (χ2v) is 8.58. The topological polar surface area (TPSA) is 55.0 Å². The molecule has 0 aromatic heterocycles. The molecule has 0 bridgehead atoms. The molecule has 3 aliphatic rings. The van der Waals surface area contributed by atoms with Crippen LogP contribution in [-0.2, 0) is 17.7 Å². The lowest BCUT2D eigenvalue weighted by Crippen LogP contribution is -3.27. The molecule has 0 saturated carbocycles. The van der Waals surface area contributed by atoms with Crippen LogP contribution >= 0.6 is 0 Å². The van der Waals surface area contributed by atoms with Gasteiger partial charge in [0.1, 0.15) is 45.4 Å². The fraction of sp³-hybridized carbons (Fsp3) is 0.500. The van der Waals surface area contributed by atoms with E-state index in [1.807, 2.05) is 6.07 Å². The van der Waals surface area contributed by atoms with Gasteiger partial charge in [0.15, 0.2) is 23.0 Å². The van der Waals surface area contributed by atoms with Crippen LogP contribution in [0.5, 0.6) is 23.0 Å². The summed E-state index contributed by atoms with van der Waals surface area (Å²) >= 11 is 0. The summed E-state index contributed by atoms with van der Waals surface area (Å²) < 4.78 is 28.2. The highest BCUT2D eigenvalue weighted by atomic mass is 16.7. The molecule has 166 valence electrons. The fourth-order valence-corrected chi connectivity index (χ4v) is 4.96. The summed E-state index contributed by atoms with van der Waals surface area (Å²) in [7, 11) is 3.38. The average Bonchev–Trinajstić information content (AvgIpc) is 3.27. The zero-order chi connectivity index (χ0) is 21.2. The Morgan fingerprint density at radius 3 is 2.45 bits per heavy atom. The van der Waals surface area contributed by atoms with E-state index in [1.165, 1.54) is 16.7 Å². The zero-order valence-corrected chi connectivity index (χ0v) is 18.4. The fourth-order valence-electron chi connectivity index (χ4n) is 4.96. The van der Waals surface area contributed by atoms with E-state index in [9.17, 15) is 0 Å². The molecule has 5 rings (SSSR count). The number of ether oxygens (including phenoxy) is 5. The number of quaternary nitrogens is 2. The van der Waals surface area contributed by atoms with Crippen LogP contribution in [0, 0.1) is 0 Å². The van der Waals surface area contributed by atoms with Crippen molar-refractivity contribution in [2.75, 3.05) is 60.3 Å². The van der Waals surface area contributed by atoms with Crippen molar-refractivity contribution >= 4 is 0 Å². The number of methoxy groups -OCH3 is 2. The maximum absolute atomic E-state index is 6.20. The quantitative estimate of drug-likeness (QED) is 0.680. The van der Waals surface area contributed by atoms with Crippen LogP contribution in [0.15, 0.2) is 30.3 Å². The summed E-state index contributed by atoms with van der Waals surface area (Å²) in [6, 6.07) is 10.5. The summed E-state index contributed by atoms with van der Waals surface area (Å²) in [6.45, 7) is 7.76. The molecule has 31 heavy (non-hydrogen) atoms. The van der Waals surface area contributed by atoms with Gasteiger partial charge in [-0.15, -0.1) is 0 Å². The van der Waals surface area contributed by atoms with Gasteiger partial charge in [0, 0.05) is 5.56 Å². The molecule has 1 saturated heterocycles. The van der Waals surface area contributed by atoms with E-state index in [1.54, 1.807) is 24.0 Å². The number of benzene rings is 2. The molecule has 0 aliphatic carbocycles. The predicted molar refractivity (Wildman–Crippen MR) is 114 cm³/mol. The van der Waals surface area contributed by atoms with Crippen molar-refractivity contribution in [3.8, 4) is 23.0 Å². The Bertz CT molecular complexity index is 926. The first kappa shape index (κ1) is 20.4.